The third kappa shape index (κ3) is 2.65. The summed E-state index contributed by atoms with van der Waals surface area (Å²) in [6.45, 7) is 4.10. The van der Waals surface area contributed by atoms with Crippen LogP contribution in [-0.4, -0.2) is 48.3 Å². The number of H-pyrrole nitrogens is 1. The van der Waals surface area contributed by atoms with Crippen molar-refractivity contribution in [2.45, 2.75) is 19.4 Å². The van der Waals surface area contributed by atoms with E-state index in [2.05, 4.69) is 41.0 Å². The zero-order chi connectivity index (χ0) is 15.0. The number of likely N-dealkylation sites (N-methyl/N-ethyl adjacent to an activating group) is 1. The van der Waals surface area contributed by atoms with Crippen molar-refractivity contribution in [1.82, 2.24) is 15.1 Å². The van der Waals surface area contributed by atoms with E-state index >= 15 is 0 Å². The Balaban J connectivity index is 1.85. The molecule has 1 aromatic carbocycles. The van der Waals surface area contributed by atoms with Gasteiger partial charge in [-0.3, -0.25) is 5.10 Å². The first-order valence-corrected chi connectivity index (χ1v) is 7.28. The molecule has 1 aliphatic rings. The van der Waals surface area contributed by atoms with Crippen LogP contribution in [0.3, 0.4) is 0 Å². The first-order valence-electron chi connectivity index (χ1n) is 7.28. The Hall–Kier alpha value is -1.88. The number of aromatic amines is 1. The van der Waals surface area contributed by atoms with Gasteiger partial charge in [-0.05, 0) is 51.7 Å². The van der Waals surface area contributed by atoms with Crippen molar-refractivity contribution in [3.8, 4) is 11.3 Å². The Morgan fingerprint density at radius 3 is 2.62 bits per heavy atom. The van der Waals surface area contributed by atoms with Gasteiger partial charge >= 0.3 is 0 Å². The van der Waals surface area contributed by atoms with E-state index in [0.29, 0.717) is 6.04 Å². The third-order valence-corrected chi connectivity index (χ3v) is 4.31. The maximum absolute atomic E-state index is 13.0. The zero-order valence-corrected chi connectivity index (χ0v) is 12.7. The van der Waals surface area contributed by atoms with Gasteiger partial charge in [-0.1, -0.05) is 0 Å². The fourth-order valence-corrected chi connectivity index (χ4v) is 2.95. The molecule has 0 saturated carbocycles. The average Bonchev–Trinajstić information content (AvgIpc) is 3.06. The number of nitrogens with zero attached hydrogens (tertiary/aromatic N) is 3. The molecule has 0 spiro atoms. The second-order valence-electron chi connectivity index (χ2n) is 5.91. The minimum atomic E-state index is -0.218. The van der Waals surface area contributed by atoms with E-state index in [-0.39, 0.29) is 5.82 Å². The molecule has 21 heavy (non-hydrogen) atoms. The lowest BCUT2D eigenvalue weighted by Gasteiger charge is -2.20. The van der Waals surface area contributed by atoms with Crippen LogP contribution in [0, 0.1) is 12.7 Å². The Morgan fingerprint density at radius 2 is 2.00 bits per heavy atom. The van der Waals surface area contributed by atoms with Crippen molar-refractivity contribution >= 4 is 5.82 Å². The van der Waals surface area contributed by atoms with E-state index < -0.39 is 0 Å². The maximum Gasteiger partial charge on any atom is 0.153 e. The molecule has 2 aromatic rings. The Bertz CT molecular complexity index is 618. The van der Waals surface area contributed by atoms with Gasteiger partial charge in [-0.25, -0.2) is 4.39 Å². The average molecular weight is 288 g/mol. The van der Waals surface area contributed by atoms with Crippen LogP contribution in [0.15, 0.2) is 24.3 Å². The Morgan fingerprint density at radius 1 is 1.29 bits per heavy atom. The molecule has 0 bridgehead atoms. The lowest BCUT2D eigenvalue weighted by Crippen LogP contribution is -2.31. The topological polar surface area (TPSA) is 35.2 Å². The van der Waals surface area contributed by atoms with Crippen LogP contribution in [0.2, 0.25) is 0 Å². The molecular weight excluding hydrogens is 267 g/mol. The monoisotopic (exact) mass is 288 g/mol. The van der Waals surface area contributed by atoms with Crippen molar-refractivity contribution in [2.75, 3.05) is 32.1 Å². The standard InChI is InChI=1S/C16H21FN4/c1-11-15(12-4-6-13(17)7-5-12)18-19-16(11)21-9-8-14(10-21)20(2)3/h4-7,14H,8-10H2,1-3H3,(H,18,19). The zero-order valence-electron chi connectivity index (χ0n) is 12.7. The lowest BCUT2D eigenvalue weighted by atomic mass is 10.1. The van der Waals surface area contributed by atoms with Crippen LogP contribution in [0.25, 0.3) is 11.3 Å². The lowest BCUT2D eigenvalue weighted by molar-refractivity contribution is 0.315. The second kappa shape index (κ2) is 5.48. The smallest absolute Gasteiger partial charge is 0.153 e. The van der Waals surface area contributed by atoms with Crippen LogP contribution in [0.5, 0.6) is 0 Å². The van der Waals surface area contributed by atoms with E-state index in [0.717, 1.165) is 42.1 Å². The fraction of sp³-hybridized carbons (Fsp3) is 0.438. The van der Waals surface area contributed by atoms with Crippen LogP contribution in [-0.2, 0) is 0 Å². The van der Waals surface area contributed by atoms with Gasteiger partial charge in [0.25, 0.3) is 0 Å². The molecule has 0 aliphatic carbocycles. The molecule has 3 rings (SSSR count). The van der Waals surface area contributed by atoms with Crippen molar-refractivity contribution in [3.05, 3.63) is 35.6 Å². The highest BCUT2D eigenvalue weighted by molar-refractivity contribution is 5.69. The van der Waals surface area contributed by atoms with Crippen LogP contribution in [0.1, 0.15) is 12.0 Å². The molecule has 0 amide bonds. The third-order valence-electron chi connectivity index (χ3n) is 4.31. The fourth-order valence-electron chi connectivity index (χ4n) is 2.95. The molecule has 1 N–H and O–H groups in total. The molecule has 2 heterocycles. The summed E-state index contributed by atoms with van der Waals surface area (Å²) in [6.07, 6.45) is 1.16. The van der Waals surface area contributed by atoms with Crippen LogP contribution in [0.4, 0.5) is 10.2 Å². The largest absolute Gasteiger partial charge is 0.353 e. The van der Waals surface area contributed by atoms with E-state index in [4.69, 9.17) is 0 Å². The van der Waals surface area contributed by atoms with Crippen molar-refractivity contribution < 1.29 is 4.39 Å². The van der Waals surface area contributed by atoms with Gasteiger partial charge in [0, 0.05) is 30.3 Å². The molecule has 4 nitrogen and oxygen atoms in total. The summed E-state index contributed by atoms with van der Waals surface area (Å²) in [5.41, 5.74) is 3.07. The summed E-state index contributed by atoms with van der Waals surface area (Å²) in [4.78, 5) is 4.59. The van der Waals surface area contributed by atoms with E-state index in [1.54, 1.807) is 12.1 Å². The molecule has 1 saturated heterocycles. The number of aromatic nitrogens is 2. The molecule has 1 aromatic heterocycles. The van der Waals surface area contributed by atoms with Gasteiger partial charge < -0.3 is 9.80 Å². The van der Waals surface area contributed by atoms with Gasteiger partial charge in [-0.2, -0.15) is 5.10 Å². The number of nitrogens with one attached hydrogen (secondary N) is 1. The van der Waals surface area contributed by atoms with Crippen LogP contribution >= 0.6 is 0 Å². The van der Waals surface area contributed by atoms with Gasteiger partial charge in [0.15, 0.2) is 5.82 Å². The summed E-state index contributed by atoms with van der Waals surface area (Å²) in [7, 11) is 4.24. The molecule has 1 fully saturated rings. The number of rotatable bonds is 3. The Kier molecular flexibility index (Phi) is 3.68. The highest BCUT2D eigenvalue weighted by Gasteiger charge is 2.27. The highest BCUT2D eigenvalue weighted by Crippen LogP contribution is 2.30. The van der Waals surface area contributed by atoms with Gasteiger partial charge in [0.05, 0.1) is 5.69 Å². The van der Waals surface area contributed by atoms with E-state index in [1.165, 1.54) is 12.1 Å². The molecule has 0 radical (unpaired) electrons. The maximum atomic E-state index is 13.0. The predicted molar refractivity (Wildman–Crippen MR) is 83.0 cm³/mol. The molecule has 5 heteroatoms. The summed E-state index contributed by atoms with van der Waals surface area (Å²) in [6, 6.07) is 7.11. The molecule has 1 aliphatic heterocycles. The number of hydrogen-bond acceptors (Lipinski definition) is 3. The molecular formula is C16H21FN4. The van der Waals surface area contributed by atoms with E-state index in [9.17, 15) is 4.39 Å². The van der Waals surface area contributed by atoms with E-state index in [1.807, 2.05) is 0 Å². The summed E-state index contributed by atoms with van der Waals surface area (Å²) in [5.74, 6) is 0.795. The quantitative estimate of drug-likeness (QED) is 0.943. The molecule has 1 unspecified atom stereocenters. The summed E-state index contributed by atoms with van der Waals surface area (Å²) >= 11 is 0. The van der Waals surface area contributed by atoms with Crippen LogP contribution < -0.4 is 4.90 Å². The summed E-state index contributed by atoms with van der Waals surface area (Å²) < 4.78 is 13.0. The van der Waals surface area contributed by atoms with Crippen molar-refractivity contribution in [3.63, 3.8) is 0 Å². The van der Waals surface area contributed by atoms with Crippen molar-refractivity contribution in [2.24, 2.45) is 0 Å². The SMILES string of the molecule is Cc1c(N2CCC(N(C)C)C2)n[nH]c1-c1ccc(F)cc1. The minimum absolute atomic E-state index is 0.218. The Labute approximate surface area is 124 Å². The van der Waals surface area contributed by atoms with Crippen molar-refractivity contribution in [1.29, 1.82) is 0 Å². The minimum Gasteiger partial charge on any atom is -0.353 e. The first-order chi connectivity index (χ1) is 10.1. The normalized spacial score (nSPS) is 18.7. The second-order valence-corrected chi connectivity index (χ2v) is 5.91. The molecule has 112 valence electrons. The number of hydrogen-bond donors (Lipinski definition) is 1. The number of halogens is 1. The van der Waals surface area contributed by atoms with Gasteiger partial charge in [0.1, 0.15) is 5.82 Å². The highest BCUT2D eigenvalue weighted by atomic mass is 19.1. The molecule has 1 atom stereocenters. The number of benzene rings is 1. The summed E-state index contributed by atoms with van der Waals surface area (Å²) in [5, 5.41) is 7.58. The first kappa shape index (κ1) is 14.1. The number of anilines is 1. The predicted octanol–water partition coefficient (Wildman–Crippen LogP) is 2.66. The van der Waals surface area contributed by atoms with Gasteiger partial charge in [0.2, 0.25) is 0 Å². The van der Waals surface area contributed by atoms with Gasteiger partial charge in [-0.15, -0.1) is 0 Å².